The summed E-state index contributed by atoms with van der Waals surface area (Å²) in [6.07, 6.45) is 0. The van der Waals surface area contributed by atoms with E-state index >= 15 is 0 Å². The predicted octanol–water partition coefficient (Wildman–Crippen LogP) is 3.84. The lowest BCUT2D eigenvalue weighted by Crippen LogP contribution is -2.34. The third-order valence-corrected chi connectivity index (χ3v) is 5.47. The van der Waals surface area contributed by atoms with Crippen molar-refractivity contribution >= 4 is 11.9 Å². The maximum atomic E-state index is 12.7. The molecule has 3 aromatic heterocycles. The van der Waals surface area contributed by atoms with Crippen LogP contribution >= 0.6 is 0 Å². The molecule has 186 valence electrons. The van der Waals surface area contributed by atoms with Crippen LogP contribution < -0.4 is 5.32 Å². The predicted molar refractivity (Wildman–Crippen MR) is 130 cm³/mol. The number of carbonyl (C=O) groups excluding carboxylic acids is 2. The molecule has 1 amide bonds. The topological polar surface area (TPSA) is 138 Å². The molecule has 5 aromatic rings. The Morgan fingerprint density at radius 1 is 0.946 bits per heavy atom. The first-order valence-corrected chi connectivity index (χ1v) is 11.3. The highest BCUT2D eigenvalue weighted by molar-refractivity contribution is 5.96. The first kappa shape index (κ1) is 23.7. The van der Waals surface area contributed by atoms with Gasteiger partial charge in [-0.3, -0.25) is 4.79 Å². The van der Waals surface area contributed by atoms with E-state index in [-0.39, 0.29) is 23.4 Å². The van der Waals surface area contributed by atoms with Crippen LogP contribution in [0.2, 0.25) is 0 Å². The van der Waals surface area contributed by atoms with Crippen LogP contribution in [0.25, 0.3) is 28.9 Å². The zero-order chi connectivity index (χ0) is 25.9. The highest BCUT2D eigenvalue weighted by Crippen LogP contribution is 2.32. The van der Waals surface area contributed by atoms with Crippen LogP contribution in [0.4, 0.5) is 0 Å². The molecule has 2 aromatic carbocycles. The minimum absolute atomic E-state index is 0.0219. The number of ether oxygens (including phenoxy) is 1. The number of esters is 1. The lowest BCUT2D eigenvalue weighted by Gasteiger charge is -2.12. The Labute approximate surface area is 211 Å². The molecule has 0 aliphatic rings. The Morgan fingerprint density at radius 2 is 1.65 bits per heavy atom. The van der Waals surface area contributed by atoms with Gasteiger partial charge in [0.05, 0.1) is 12.8 Å². The highest BCUT2D eigenvalue weighted by atomic mass is 16.5. The summed E-state index contributed by atoms with van der Waals surface area (Å²) >= 11 is 0. The van der Waals surface area contributed by atoms with Crippen LogP contribution in [0.1, 0.15) is 33.7 Å². The Bertz CT molecular complexity index is 1550. The average Bonchev–Trinajstić information content (AvgIpc) is 3.65. The van der Waals surface area contributed by atoms with E-state index in [1.165, 1.54) is 7.11 Å². The molecule has 0 saturated heterocycles. The number of hydrogen-bond acceptors (Lipinski definition) is 9. The fraction of sp³-hybridized carbons (Fsp3) is 0.154. The number of aryl methyl sites for hydroxylation is 2. The number of nitrogens with one attached hydrogen (secondary N) is 1. The van der Waals surface area contributed by atoms with Crippen molar-refractivity contribution in [3.05, 3.63) is 89.6 Å². The van der Waals surface area contributed by atoms with E-state index in [0.717, 1.165) is 17.0 Å². The first-order valence-electron chi connectivity index (χ1n) is 11.3. The van der Waals surface area contributed by atoms with Gasteiger partial charge in [-0.05, 0) is 44.2 Å². The smallest absolute Gasteiger partial charge is 0.338 e. The number of aromatic nitrogens is 5. The summed E-state index contributed by atoms with van der Waals surface area (Å²) in [7, 11) is 1.20. The molecule has 1 N–H and O–H groups in total. The van der Waals surface area contributed by atoms with Crippen LogP contribution in [-0.4, -0.2) is 43.9 Å². The standard InChI is InChI=1S/C26H22N6O5/c1-15-14-16(2)32(31-15)25-19(28-22(37-25)18-12-8-5-9-13-18)23-29-30-24(36-23)20(26(34)35-3)27-21(33)17-10-6-4-7-11-17/h4-14,20H,1-3H3,(H,27,33). The molecule has 0 aliphatic heterocycles. The molecule has 0 spiro atoms. The van der Waals surface area contributed by atoms with Gasteiger partial charge in [0.15, 0.2) is 5.69 Å². The number of nitrogens with zero attached hydrogens (tertiary/aromatic N) is 5. The number of carbonyl (C=O) groups is 2. The Morgan fingerprint density at radius 3 is 2.30 bits per heavy atom. The molecule has 0 fully saturated rings. The Hall–Kier alpha value is -5.06. The molecule has 5 rings (SSSR count). The molecular formula is C26H22N6O5. The molecule has 37 heavy (non-hydrogen) atoms. The van der Waals surface area contributed by atoms with Crippen molar-refractivity contribution in [3.63, 3.8) is 0 Å². The van der Waals surface area contributed by atoms with Gasteiger partial charge in [0.2, 0.25) is 11.9 Å². The quantitative estimate of drug-likeness (QED) is 0.332. The van der Waals surface area contributed by atoms with Crippen molar-refractivity contribution in [3.8, 4) is 28.9 Å². The van der Waals surface area contributed by atoms with Gasteiger partial charge in [-0.2, -0.15) is 5.10 Å². The highest BCUT2D eigenvalue weighted by Gasteiger charge is 2.32. The summed E-state index contributed by atoms with van der Waals surface area (Å²) in [6, 6.07) is 18.3. The van der Waals surface area contributed by atoms with Crippen LogP contribution in [0, 0.1) is 13.8 Å². The zero-order valence-corrected chi connectivity index (χ0v) is 20.2. The summed E-state index contributed by atoms with van der Waals surface area (Å²) in [5.41, 5.74) is 2.89. The monoisotopic (exact) mass is 498 g/mol. The number of amides is 1. The van der Waals surface area contributed by atoms with Crippen LogP contribution in [-0.2, 0) is 9.53 Å². The van der Waals surface area contributed by atoms with E-state index in [0.29, 0.717) is 11.5 Å². The number of methoxy groups -OCH3 is 1. The fourth-order valence-corrected chi connectivity index (χ4v) is 3.72. The first-order chi connectivity index (χ1) is 17.9. The van der Waals surface area contributed by atoms with Gasteiger partial charge in [0, 0.05) is 16.8 Å². The van der Waals surface area contributed by atoms with Crippen LogP contribution in [0.15, 0.2) is 75.6 Å². The van der Waals surface area contributed by atoms with Crippen molar-refractivity contribution in [2.45, 2.75) is 19.9 Å². The van der Waals surface area contributed by atoms with Crippen molar-refractivity contribution in [2.75, 3.05) is 7.11 Å². The Kier molecular flexibility index (Phi) is 6.33. The van der Waals surface area contributed by atoms with Gasteiger partial charge >= 0.3 is 5.97 Å². The molecule has 11 heteroatoms. The van der Waals surface area contributed by atoms with E-state index in [1.54, 1.807) is 35.0 Å². The summed E-state index contributed by atoms with van der Waals surface area (Å²) in [5, 5.41) is 15.2. The average molecular weight is 498 g/mol. The molecule has 1 atom stereocenters. The van der Waals surface area contributed by atoms with Gasteiger partial charge < -0.3 is 18.9 Å². The molecule has 3 heterocycles. The normalized spacial score (nSPS) is 11.8. The van der Waals surface area contributed by atoms with E-state index in [2.05, 4.69) is 25.6 Å². The van der Waals surface area contributed by atoms with Crippen molar-refractivity contribution < 1.29 is 23.2 Å². The second-order valence-corrected chi connectivity index (χ2v) is 8.12. The van der Waals surface area contributed by atoms with Crippen molar-refractivity contribution in [1.82, 2.24) is 30.3 Å². The third-order valence-electron chi connectivity index (χ3n) is 5.47. The number of hydrogen-bond donors (Lipinski definition) is 1. The second-order valence-electron chi connectivity index (χ2n) is 8.12. The number of rotatable bonds is 7. The Balaban J connectivity index is 1.55. The third kappa shape index (κ3) is 4.74. The molecule has 0 radical (unpaired) electrons. The van der Waals surface area contributed by atoms with Crippen molar-refractivity contribution in [2.24, 2.45) is 0 Å². The van der Waals surface area contributed by atoms with E-state index in [1.807, 2.05) is 50.2 Å². The van der Waals surface area contributed by atoms with E-state index in [9.17, 15) is 9.59 Å². The summed E-state index contributed by atoms with van der Waals surface area (Å²) in [4.78, 5) is 29.9. The maximum absolute atomic E-state index is 12.7. The molecule has 11 nitrogen and oxygen atoms in total. The minimum atomic E-state index is -1.34. The summed E-state index contributed by atoms with van der Waals surface area (Å²) in [5.74, 6) is -0.890. The van der Waals surface area contributed by atoms with Crippen LogP contribution in [0.3, 0.4) is 0 Å². The maximum Gasteiger partial charge on any atom is 0.338 e. The van der Waals surface area contributed by atoms with Crippen LogP contribution in [0.5, 0.6) is 0 Å². The van der Waals surface area contributed by atoms with E-state index in [4.69, 9.17) is 13.6 Å². The molecule has 0 bridgehead atoms. The van der Waals surface area contributed by atoms with Gasteiger partial charge in [-0.15, -0.1) is 10.2 Å². The van der Waals surface area contributed by atoms with Crippen molar-refractivity contribution in [1.29, 1.82) is 0 Å². The van der Waals surface area contributed by atoms with Gasteiger partial charge in [0.25, 0.3) is 23.6 Å². The number of benzene rings is 2. The van der Waals surface area contributed by atoms with Gasteiger partial charge in [-0.25, -0.2) is 14.5 Å². The molecule has 0 saturated carbocycles. The summed E-state index contributed by atoms with van der Waals surface area (Å²) in [6.45, 7) is 3.74. The number of oxazole rings is 1. The summed E-state index contributed by atoms with van der Waals surface area (Å²) < 4.78 is 18.4. The fourth-order valence-electron chi connectivity index (χ4n) is 3.72. The second kappa shape index (κ2) is 9.90. The SMILES string of the molecule is COC(=O)C(NC(=O)c1ccccc1)c1nnc(-c2nc(-c3ccccc3)oc2-n2nc(C)cc2C)o1. The largest absolute Gasteiger partial charge is 0.467 e. The van der Waals surface area contributed by atoms with E-state index < -0.39 is 17.9 Å². The zero-order valence-electron chi connectivity index (χ0n) is 20.2. The lowest BCUT2D eigenvalue weighted by atomic mass is 10.2. The molecule has 1 unspecified atom stereocenters. The minimum Gasteiger partial charge on any atom is -0.467 e. The lowest BCUT2D eigenvalue weighted by molar-refractivity contribution is -0.143. The molecule has 0 aliphatic carbocycles. The molecular weight excluding hydrogens is 476 g/mol. The van der Waals surface area contributed by atoms with Gasteiger partial charge in [0.1, 0.15) is 0 Å². The van der Waals surface area contributed by atoms with Gasteiger partial charge in [-0.1, -0.05) is 36.4 Å².